The molecule has 0 bridgehead atoms. The zero-order chi connectivity index (χ0) is 8.53. The van der Waals surface area contributed by atoms with Gasteiger partial charge in [-0.1, -0.05) is 0 Å². The van der Waals surface area contributed by atoms with Gasteiger partial charge in [0.05, 0.1) is 13.0 Å². The number of thiol groups is 1. The summed E-state index contributed by atoms with van der Waals surface area (Å²) in [6.07, 6.45) is 0.370. The number of carbonyl (C=O) groups is 1. The average molecular weight is 178 g/mol. The van der Waals surface area contributed by atoms with Crippen LogP contribution in [-0.4, -0.2) is 31.5 Å². The molecule has 0 aromatic rings. The summed E-state index contributed by atoms with van der Waals surface area (Å²) in [6, 6.07) is 0. The van der Waals surface area contributed by atoms with Crippen LogP contribution in [0.25, 0.3) is 0 Å². The molecule has 0 amide bonds. The zero-order valence-electron chi connectivity index (χ0n) is 6.71. The van der Waals surface area contributed by atoms with E-state index in [1.54, 1.807) is 0 Å². The van der Waals surface area contributed by atoms with Crippen molar-refractivity contribution in [3.05, 3.63) is 0 Å². The van der Waals surface area contributed by atoms with Gasteiger partial charge in [0.25, 0.3) is 0 Å². The molecule has 0 unspecified atom stereocenters. The van der Waals surface area contributed by atoms with Crippen molar-refractivity contribution in [3.8, 4) is 0 Å². The fourth-order valence-corrected chi connectivity index (χ4v) is 0.705. The first-order valence-corrected chi connectivity index (χ1v) is 4.28. The lowest BCUT2D eigenvalue weighted by Gasteiger charge is -2.02. The molecule has 0 spiro atoms. The summed E-state index contributed by atoms with van der Waals surface area (Å²) >= 11 is 3.89. The minimum Gasteiger partial charge on any atom is -0.463 e. The first-order valence-electron chi connectivity index (χ1n) is 3.65. The smallest absolute Gasteiger partial charge is 0.306 e. The molecule has 0 N–H and O–H groups in total. The van der Waals surface area contributed by atoms with Crippen molar-refractivity contribution in [2.45, 2.75) is 13.3 Å². The van der Waals surface area contributed by atoms with Gasteiger partial charge in [-0.15, -0.1) is 0 Å². The van der Waals surface area contributed by atoms with Gasteiger partial charge in [-0.05, 0) is 6.92 Å². The van der Waals surface area contributed by atoms with Crippen molar-refractivity contribution in [1.82, 2.24) is 0 Å². The van der Waals surface area contributed by atoms with Gasteiger partial charge in [-0.3, -0.25) is 4.79 Å². The minimum atomic E-state index is -0.209. The Morgan fingerprint density at radius 2 is 2.18 bits per heavy atom. The number of hydrogen-bond donors (Lipinski definition) is 1. The SMILES string of the molecule is CCOCCOC(=O)CCS. The summed E-state index contributed by atoms with van der Waals surface area (Å²) in [7, 11) is 0. The third kappa shape index (κ3) is 7.68. The lowest BCUT2D eigenvalue weighted by atomic mass is 10.5. The molecular weight excluding hydrogens is 164 g/mol. The maximum Gasteiger partial charge on any atom is 0.306 e. The second kappa shape index (κ2) is 7.88. The van der Waals surface area contributed by atoms with Gasteiger partial charge in [0.1, 0.15) is 6.61 Å². The zero-order valence-corrected chi connectivity index (χ0v) is 7.60. The van der Waals surface area contributed by atoms with Crippen LogP contribution in [0.3, 0.4) is 0 Å². The van der Waals surface area contributed by atoms with E-state index in [0.717, 1.165) is 0 Å². The molecule has 0 atom stereocenters. The quantitative estimate of drug-likeness (QED) is 0.372. The Morgan fingerprint density at radius 3 is 2.73 bits per heavy atom. The highest BCUT2D eigenvalue weighted by atomic mass is 32.1. The molecule has 0 aromatic heterocycles. The van der Waals surface area contributed by atoms with Crippen molar-refractivity contribution in [2.24, 2.45) is 0 Å². The molecule has 66 valence electrons. The fourth-order valence-electron chi connectivity index (χ4n) is 0.522. The van der Waals surface area contributed by atoms with Crippen LogP contribution in [0.1, 0.15) is 13.3 Å². The Bertz CT molecular complexity index is 106. The van der Waals surface area contributed by atoms with E-state index in [-0.39, 0.29) is 5.97 Å². The molecule has 0 aromatic carbocycles. The summed E-state index contributed by atoms with van der Waals surface area (Å²) in [5.74, 6) is 0.327. The normalized spacial score (nSPS) is 9.64. The van der Waals surface area contributed by atoms with E-state index < -0.39 is 0 Å². The largest absolute Gasteiger partial charge is 0.463 e. The maximum atomic E-state index is 10.7. The van der Waals surface area contributed by atoms with Crippen molar-refractivity contribution in [3.63, 3.8) is 0 Å². The predicted molar refractivity (Wildman–Crippen MR) is 45.9 cm³/mol. The summed E-state index contributed by atoms with van der Waals surface area (Å²) in [5.41, 5.74) is 0. The highest BCUT2D eigenvalue weighted by Crippen LogP contribution is 1.88. The van der Waals surface area contributed by atoms with E-state index in [0.29, 0.717) is 32.0 Å². The maximum absolute atomic E-state index is 10.7. The van der Waals surface area contributed by atoms with Crippen LogP contribution in [0.2, 0.25) is 0 Å². The highest BCUT2D eigenvalue weighted by Gasteiger charge is 1.98. The molecule has 0 rings (SSSR count). The van der Waals surface area contributed by atoms with E-state index in [2.05, 4.69) is 12.6 Å². The molecule has 0 aliphatic carbocycles. The van der Waals surface area contributed by atoms with Crippen LogP contribution in [0.15, 0.2) is 0 Å². The Morgan fingerprint density at radius 1 is 1.45 bits per heavy atom. The van der Waals surface area contributed by atoms with Crippen molar-refractivity contribution < 1.29 is 14.3 Å². The van der Waals surface area contributed by atoms with E-state index in [9.17, 15) is 4.79 Å². The van der Waals surface area contributed by atoms with Gasteiger partial charge in [0, 0.05) is 12.4 Å². The van der Waals surface area contributed by atoms with E-state index in [4.69, 9.17) is 9.47 Å². The van der Waals surface area contributed by atoms with Gasteiger partial charge >= 0.3 is 5.97 Å². The summed E-state index contributed by atoms with van der Waals surface area (Å²) in [6.45, 7) is 3.38. The van der Waals surface area contributed by atoms with E-state index in [1.165, 1.54) is 0 Å². The lowest BCUT2D eigenvalue weighted by Crippen LogP contribution is -2.10. The number of ether oxygens (including phenoxy) is 2. The third-order valence-electron chi connectivity index (χ3n) is 1.01. The summed E-state index contributed by atoms with van der Waals surface area (Å²) < 4.78 is 9.74. The topological polar surface area (TPSA) is 35.5 Å². The molecule has 0 aliphatic heterocycles. The molecular formula is C7H14O3S. The first-order chi connectivity index (χ1) is 5.31. The summed E-state index contributed by atoms with van der Waals surface area (Å²) in [5, 5.41) is 0. The standard InChI is InChI=1S/C7H14O3S/c1-2-9-4-5-10-7(8)3-6-11/h11H,2-6H2,1H3. The predicted octanol–water partition coefficient (Wildman–Crippen LogP) is 0.886. The van der Waals surface area contributed by atoms with Gasteiger partial charge < -0.3 is 9.47 Å². The second-order valence-electron chi connectivity index (χ2n) is 1.89. The average Bonchev–Trinajstić information content (AvgIpc) is 1.99. The molecule has 4 heteroatoms. The molecule has 0 radical (unpaired) electrons. The molecule has 0 aliphatic rings. The fraction of sp³-hybridized carbons (Fsp3) is 0.857. The van der Waals surface area contributed by atoms with Crippen LogP contribution in [0, 0.1) is 0 Å². The molecule has 0 heterocycles. The van der Waals surface area contributed by atoms with Crippen LogP contribution < -0.4 is 0 Å². The number of carbonyl (C=O) groups excluding carboxylic acids is 1. The van der Waals surface area contributed by atoms with Crippen molar-refractivity contribution in [1.29, 1.82) is 0 Å². The third-order valence-corrected chi connectivity index (χ3v) is 1.23. The Labute approximate surface area is 72.5 Å². The van der Waals surface area contributed by atoms with Crippen molar-refractivity contribution >= 4 is 18.6 Å². The molecule has 3 nitrogen and oxygen atoms in total. The van der Waals surface area contributed by atoms with Gasteiger partial charge in [-0.25, -0.2) is 0 Å². The van der Waals surface area contributed by atoms with Crippen LogP contribution in [0.4, 0.5) is 0 Å². The number of esters is 1. The number of rotatable bonds is 6. The summed E-state index contributed by atoms with van der Waals surface area (Å²) in [4.78, 5) is 10.7. The van der Waals surface area contributed by atoms with Crippen molar-refractivity contribution in [2.75, 3.05) is 25.6 Å². The monoisotopic (exact) mass is 178 g/mol. The number of hydrogen-bond acceptors (Lipinski definition) is 4. The van der Waals surface area contributed by atoms with E-state index in [1.807, 2.05) is 6.92 Å². The minimum absolute atomic E-state index is 0.209. The molecule has 0 saturated heterocycles. The van der Waals surface area contributed by atoms with Crippen LogP contribution in [-0.2, 0) is 14.3 Å². The molecule has 0 saturated carbocycles. The first kappa shape index (κ1) is 10.8. The van der Waals surface area contributed by atoms with E-state index >= 15 is 0 Å². The second-order valence-corrected chi connectivity index (χ2v) is 2.34. The molecule has 11 heavy (non-hydrogen) atoms. The highest BCUT2D eigenvalue weighted by molar-refractivity contribution is 7.80. The van der Waals surface area contributed by atoms with Crippen LogP contribution in [0.5, 0.6) is 0 Å². The lowest BCUT2D eigenvalue weighted by molar-refractivity contribution is -0.144. The Balaban J connectivity index is 3.04. The van der Waals surface area contributed by atoms with Gasteiger partial charge in [-0.2, -0.15) is 12.6 Å². The Hall–Kier alpha value is -0.220. The van der Waals surface area contributed by atoms with Gasteiger partial charge in [0.15, 0.2) is 0 Å². The van der Waals surface area contributed by atoms with Crippen LogP contribution >= 0.6 is 12.6 Å². The molecule has 0 fully saturated rings. The van der Waals surface area contributed by atoms with Gasteiger partial charge in [0.2, 0.25) is 0 Å². The Kier molecular flexibility index (Phi) is 7.72.